The summed E-state index contributed by atoms with van der Waals surface area (Å²) in [6, 6.07) is 15.2. The van der Waals surface area contributed by atoms with E-state index >= 15 is 0 Å². The third-order valence-corrected chi connectivity index (χ3v) is 4.10. The van der Waals surface area contributed by atoms with E-state index in [1.807, 2.05) is 0 Å². The van der Waals surface area contributed by atoms with E-state index in [2.05, 4.69) is 71.8 Å². The van der Waals surface area contributed by atoms with Gasteiger partial charge >= 0.3 is 0 Å². The topological polar surface area (TPSA) is 37.8 Å². The van der Waals surface area contributed by atoms with Gasteiger partial charge in [-0.25, -0.2) is 0 Å². The molecule has 0 saturated carbocycles. The zero-order valence-electron chi connectivity index (χ0n) is 11.6. The Morgan fingerprint density at radius 1 is 1.05 bits per heavy atom. The van der Waals surface area contributed by atoms with Crippen molar-refractivity contribution in [3.8, 4) is 10.6 Å². The molecule has 0 fully saturated rings. The molecule has 0 radical (unpaired) electrons. The van der Waals surface area contributed by atoms with Crippen LogP contribution in [-0.2, 0) is 6.54 Å². The molecule has 3 nitrogen and oxygen atoms in total. The van der Waals surface area contributed by atoms with Crippen molar-refractivity contribution in [2.75, 3.05) is 0 Å². The molecule has 20 heavy (non-hydrogen) atoms. The molecule has 3 aromatic rings. The van der Waals surface area contributed by atoms with Crippen LogP contribution in [0.25, 0.3) is 21.3 Å². The normalized spacial score (nSPS) is 11.3. The molecule has 0 amide bonds. The summed E-state index contributed by atoms with van der Waals surface area (Å²) in [4.78, 5) is 0. The van der Waals surface area contributed by atoms with Gasteiger partial charge in [0.15, 0.2) is 0 Å². The first kappa shape index (κ1) is 13.2. The highest BCUT2D eigenvalue weighted by atomic mass is 32.1. The Morgan fingerprint density at radius 3 is 2.70 bits per heavy atom. The second kappa shape index (κ2) is 5.69. The lowest BCUT2D eigenvalue weighted by Gasteiger charge is -2.04. The van der Waals surface area contributed by atoms with Crippen LogP contribution in [0.15, 0.2) is 42.5 Å². The fourth-order valence-corrected chi connectivity index (χ4v) is 2.97. The zero-order valence-corrected chi connectivity index (χ0v) is 12.4. The van der Waals surface area contributed by atoms with Gasteiger partial charge in [0, 0.05) is 18.2 Å². The molecule has 0 unspecified atom stereocenters. The number of benzene rings is 2. The van der Waals surface area contributed by atoms with Gasteiger partial charge < -0.3 is 5.32 Å². The van der Waals surface area contributed by atoms with E-state index in [0.717, 1.165) is 22.1 Å². The first-order chi connectivity index (χ1) is 9.74. The predicted octanol–water partition coefficient (Wildman–Crippen LogP) is 3.86. The first-order valence-electron chi connectivity index (χ1n) is 6.78. The van der Waals surface area contributed by atoms with E-state index in [4.69, 9.17) is 0 Å². The Labute approximate surface area is 122 Å². The summed E-state index contributed by atoms with van der Waals surface area (Å²) in [7, 11) is 0. The minimum absolute atomic E-state index is 0.458. The predicted molar refractivity (Wildman–Crippen MR) is 84.8 cm³/mol. The molecule has 102 valence electrons. The van der Waals surface area contributed by atoms with Crippen LogP contribution in [0, 0.1) is 0 Å². The second-order valence-corrected chi connectivity index (χ2v) is 6.13. The van der Waals surface area contributed by atoms with Gasteiger partial charge in [-0.3, -0.25) is 0 Å². The lowest BCUT2D eigenvalue weighted by Crippen LogP contribution is -2.21. The largest absolute Gasteiger partial charge is 0.308 e. The number of aromatic nitrogens is 2. The highest BCUT2D eigenvalue weighted by molar-refractivity contribution is 7.14. The monoisotopic (exact) mass is 283 g/mol. The Morgan fingerprint density at radius 2 is 1.85 bits per heavy atom. The fourth-order valence-electron chi connectivity index (χ4n) is 2.14. The van der Waals surface area contributed by atoms with Crippen LogP contribution >= 0.6 is 11.3 Å². The quantitative estimate of drug-likeness (QED) is 0.790. The number of nitrogens with one attached hydrogen (secondary N) is 1. The molecule has 0 aliphatic carbocycles. The minimum Gasteiger partial charge on any atom is -0.308 e. The van der Waals surface area contributed by atoms with Crippen LogP contribution in [-0.4, -0.2) is 16.2 Å². The second-order valence-electron chi connectivity index (χ2n) is 5.06. The van der Waals surface area contributed by atoms with E-state index in [1.165, 1.54) is 10.8 Å². The Balaban J connectivity index is 1.95. The van der Waals surface area contributed by atoms with E-state index in [-0.39, 0.29) is 0 Å². The summed E-state index contributed by atoms with van der Waals surface area (Å²) in [5, 5.41) is 16.5. The Bertz CT molecular complexity index is 713. The van der Waals surface area contributed by atoms with Crippen LogP contribution in [0.2, 0.25) is 0 Å². The molecule has 0 atom stereocenters. The van der Waals surface area contributed by atoms with Crippen molar-refractivity contribution in [1.29, 1.82) is 0 Å². The van der Waals surface area contributed by atoms with Gasteiger partial charge in [-0.2, -0.15) is 0 Å². The maximum atomic E-state index is 4.34. The third kappa shape index (κ3) is 2.71. The summed E-state index contributed by atoms with van der Waals surface area (Å²) in [6.45, 7) is 5.04. The van der Waals surface area contributed by atoms with Crippen LogP contribution in [0.4, 0.5) is 0 Å². The Kier molecular flexibility index (Phi) is 3.76. The molecular formula is C16H17N3S. The molecule has 0 spiro atoms. The molecule has 0 aliphatic heterocycles. The van der Waals surface area contributed by atoms with Crippen molar-refractivity contribution >= 4 is 22.1 Å². The molecule has 3 rings (SSSR count). The highest BCUT2D eigenvalue weighted by Crippen LogP contribution is 2.30. The fraction of sp³-hybridized carbons (Fsp3) is 0.250. The smallest absolute Gasteiger partial charge is 0.148 e. The number of hydrogen-bond donors (Lipinski definition) is 1. The van der Waals surface area contributed by atoms with E-state index in [0.29, 0.717) is 6.04 Å². The maximum absolute atomic E-state index is 4.34. The molecule has 0 saturated heterocycles. The molecule has 1 N–H and O–H groups in total. The minimum atomic E-state index is 0.458. The molecular weight excluding hydrogens is 266 g/mol. The molecule has 1 aromatic heterocycles. The lowest BCUT2D eigenvalue weighted by molar-refractivity contribution is 0.585. The van der Waals surface area contributed by atoms with E-state index in [9.17, 15) is 0 Å². The van der Waals surface area contributed by atoms with Gasteiger partial charge in [-0.05, 0) is 10.8 Å². The van der Waals surface area contributed by atoms with Crippen LogP contribution in [0.1, 0.15) is 18.9 Å². The summed E-state index contributed by atoms with van der Waals surface area (Å²) < 4.78 is 0. The van der Waals surface area contributed by atoms with Gasteiger partial charge in [0.2, 0.25) is 0 Å². The summed E-state index contributed by atoms with van der Waals surface area (Å²) >= 11 is 1.66. The number of fused-ring (bicyclic) bond motifs is 1. The third-order valence-electron chi connectivity index (χ3n) is 3.15. The molecule has 1 heterocycles. The summed E-state index contributed by atoms with van der Waals surface area (Å²) in [6.07, 6.45) is 0. The van der Waals surface area contributed by atoms with Gasteiger partial charge in [0.1, 0.15) is 10.0 Å². The van der Waals surface area contributed by atoms with Crippen molar-refractivity contribution in [3.05, 3.63) is 47.5 Å². The zero-order chi connectivity index (χ0) is 13.9. The van der Waals surface area contributed by atoms with Crippen LogP contribution in [0.5, 0.6) is 0 Å². The summed E-state index contributed by atoms with van der Waals surface area (Å²) in [5.74, 6) is 0. The average molecular weight is 283 g/mol. The average Bonchev–Trinajstić information content (AvgIpc) is 2.93. The molecule has 4 heteroatoms. The summed E-state index contributed by atoms with van der Waals surface area (Å²) in [5.41, 5.74) is 1.16. The van der Waals surface area contributed by atoms with Crippen molar-refractivity contribution < 1.29 is 0 Å². The van der Waals surface area contributed by atoms with Crippen molar-refractivity contribution in [3.63, 3.8) is 0 Å². The molecule has 2 aromatic carbocycles. The van der Waals surface area contributed by atoms with E-state index in [1.54, 1.807) is 11.3 Å². The first-order valence-corrected chi connectivity index (χ1v) is 7.59. The van der Waals surface area contributed by atoms with Crippen molar-refractivity contribution in [2.45, 2.75) is 26.4 Å². The van der Waals surface area contributed by atoms with Gasteiger partial charge in [-0.1, -0.05) is 67.6 Å². The van der Waals surface area contributed by atoms with Crippen molar-refractivity contribution in [2.24, 2.45) is 0 Å². The standard InChI is InChI=1S/C16H17N3S/c1-11(2)17-10-15-18-19-16(20-15)14-9-5-7-12-6-3-4-8-13(12)14/h3-9,11,17H,10H2,1-2H3. The molecule has 0 aliphatic rings. The van der Waals surface area contributed by atoms with Gasteiger partial charge in [-0.15, -0.1) is 10.2 Å². The number of hydrogen-bond acceptors (Lipinski definition) is 4. The van der Waals surface area contributed by atoms with Gasteiger partial charge in [0.25, 0.3) is 0 Å². The number of rotatable bonds is 4. The molecule has 0 bridgehead atoms. The van der Waals surface area contributed by atoms with Crippen LogP contribution in [0.3, 0.4) is 0 Å². The van der Waals surface area contributed by atoms with Crippen LogP contribution < -0.4 is 5.32 Å². The maximum Gasteiger partial charge on any atom is 0.148 e. The Hall–Kier alpha value is -1.78. The SMILES string of the molecule is CC(C)NCc1nnc(-c2cccc3ccccc23)s1. The highest BCUT2D eigenvalue weighted by Gasteiger charge is 2.09. The van der Waals surface area contributed by atoms with Crippen molar-refractivity contribution in [1.82, 2.24) is 15.5 Å². The number of nitrogens with zero attached hydrogens (tertiary/aromatic N) is 2. The lowest BCUT2D eigenvalue weighted by atomic mass is 10.1. The van der Waals surface area contributed by atoms with Gasteiger partial charge in [0.05, 0.1) is 0 Å². The van der Waals surface area contributed by atoms with E-state index < -0.39 is 0 Å².